The summed E-state index contributed by atoms with van der Waals surface area (Å²) in [5.74, 6) is -0.380. The lowest BCUT2D eigenvalue weighted by molar-refractivity contribution is -0.137. The van der Waals surface area contributed by atoms with Gasteiger partial charge in [0.1, 0.15) is 11.9 Å². The molecule has 0 spiro atoms. The minimum absolute atomic E-state index is 0.212. The highest BCUT2D eigenvalue weighted by atomic mass is 32.1. The van der Waals surface area contributed by atoms with Gasteiger partial charge in [-0.1, -0.05) is 12.1 Å². The molecule has 9 heteroatoms. The van der Waals surface area contributed by atoms with Crippen LogP contribution < -0.4 is 5.32 Å². The summed E-state index contributed by atoms with van der Waals surface area (Å²) < 4.78 is 59.9. The van der Waals surface area contributed by atoms with Crippen molar-refractivity contribution in [2.75, 3.05) is 5.32 Å². The number of benzene rings is 2. The summed E-state index contributed by atoms with van der Waals surface area (Å²) >= 11 is 1.47. The maximum Gasteiger partial charge on any atom is 0.416 e. The van der Waals surface area contributed by atoms with Crippen LogP contribution >= 0.6 is 11.3 Å². The van der Waals surface area contributed by atoms with Crippen molar-refractivity contribution in [3.05, 3.63) is 82.7 Å². The summed E-state index contributed by atoms with van der Waals surface area (Å²) in [6.07, 6.45) is -1.25. The van der Waals surface area contributed by atoms with Gasteiger partial charge in [-0.3, -0.25) is 0 Å². The van der Waals surface area contributed by atoms with Gasteiger partial charge in [-0.15, -0.1) is 11.3 Å². The number of rotatable bonds is 5. The van der Waals surface area contributed by atoms with Crippen molar-refractivity contribution in [2.45, 2.75) is 25.1 Å². The van der Waals surface area contributed by atoms with Crippen molar-refractivity contribution in [3.63, 3.8) is 0 Å². The molecule has 0 radical (unpaired) electrons. The van der Waals surface area contributed by atoms with E-state index in [-0.39, 0.29) is 18.1 Å². The maximum atomic E-state index is 13.9. The van der Waals surface area contributed by atoms with Crippen molar-refractivity contribution in [1.29, 1.82) is 0 Å². The van der Waals surface area contributed by atoms with Gasteiger partial charge in [0.2, 0.25) is 0 Å². The highest BCUT2D eigenvalue weighted by Gasteiger charge is 2.42. The lowest BCUT2D eigenvalue weighted by Crippen LogP contribution is -2.05. The van der Waals surface area contributed by atoms with E-state index >= 15 is 0 Å². The summed E-state index contributed by atoms with van der Waals surface area (Å²) in [6.45, 7) is 0.315. The molecule has 1 saturated heterocycles. The zero-order chi connectivity index (χ0) is 20.9. The molecule has 2 aromatic heterocycles. The number of thiazole rings is 1. The zero-order valence-corrected chi connectivity index (χ0v) is 16.2. The molecule has 3 heterocycles. The first-order chi connectivity index (χ1) is 14.4. The average Bonchev–Trinajstić information content (AvgIpc) is 3.09. The second kappa shape index (κ2) is 7.10. The Kier molecular flexibility index (Phi) is 4.52. The van der Waals surface area contributed by atoms with Gasteiger partial charge in [-0.25, -0.2) is 9.37 Å². The van der Waals surface area contributed by atoms with E-state index in [2.05, 4.69) is 10.3 Å². The highest BCUT2D eigenvalue weighted by Crippen LogP contribution is 2.43. The van der Waals surface area contributed by atoms with E-state index in [1.165, 1.54) is 35.6 Å². The Hall–Kier alpha value is -2.91. The van der Waals surface area contributed by atoms with Gasteiger partial charge in [0.05, 0.1) is 11.1 Å². The Morgan fingerprint density at radius 1 is 1.13 bits per heavy atom. The number of aromatic nitrogens is 2. The quantitative estimate of drug-likeness (QED) is 0.319. The molecule has 1 aliphatic heterocycles. The third kappa shape index (κ3) is 3.66. The van der Waals surface area contributed by atoms with Crippen molar-refractivity contribution >= 4 is 27.4 Å². The van der Waals surface area contributed by atoms with Crippen molar-refractivity contribution < 1.29 is 22.3 Å². The molecule has 4 aromatic rings. The summed E-state index contributed by atoms with van der Waals surface area (Å²) in [5, 5.41) is 6.65. The molecule has 2 aromatic carbocycles. The first-order valence-electron chi connectivity index (χ1n) is 9.14. The first-order valence-corrected chi connectivity index (χ1v) is 10.0. The number of nitrogens with zero attached hydrogens (tertiary/aromatic N) is 2. The third-order valence-electron chi connectivity index (χ3n) is 5.01. The normalized spacial score (nSPS) is 18.7. The highest BCUT2D eigenvalue weighted by molar-refractivity contribution is 7.13. The molecular weight excluding hydrogens is 418 g/mol. The molecule has 0 bridgehead atoms. The van der Waals surface area contributed by atoms with Crippen LogP contribution in [0.1, 0.15) is 22.8 Å². The monoisotopic (exact) mass is 433 g/mol. The number of nitrogens with one attached hydrogen (secondary N) is 1. The molecule has 1 fully saturated rings. The molecule has 1 N–H and O–H groups in total. The number of hydrogen-bond acceptors (Lipinski definition) is 4. The van der Waals surface area contributed by atoms with Crippen LogP contribution in [0.4, 0.5) is 22.7 Å². The maximum absolute atomic E-state index is 13.9. The van der Waals surface area contributed by atoms with Gasteiger partial charge in [0.25, 0.3) is 0 Å². The van der Waals surface area contributed by atoms with Crippen molar-refractivity contribution in [3.8, 4) is 0 Å². The van der Waals surface area contributed by atoms with E-state index in [1.807, 2.05) is 16.1 Å². The standard InChI is InChI=1S/C21H15F4N3OS/c22-14-5-6-15-16(18-19(29-18)27-20-26-7-8-30-20)11-28(17(15)9-14)10-12-1-3-13(4-2-12)21(23,24)25/h1-9,11,18-19H,10H2,(H,26,27). The molecule has 2 atom stereocenters. The molecule has 30 heavy (non-hydrogen) atoms. The molecule has 5 rings (SSSR count). The minimum Gasteiger partial charge on any atom is -0.343 e. The van der Waals surface area contributed by atoms with E-state index in [0.717, 1.165) is 28.2 Å². The van der Waals surface area contributed by atoms with E-state index in [1.54, 1.807) is 12.3 Å². The largest absolute Gasteiger partial charge is 0.416 e. The van der Waals surface area contributed by atoms with Crippen molar-refractivity contribution in [2.24, 2.45) is 0 Å². The Balaban J connectivity index is 1.43. The Morgan fingerprint density at radius 3 is 2.63 bits per heavy atom. The Labute approximate surface area is 172 Å². The van der Waals surface area contributed by atoms with Crippen LogP contribution in [0.25, 0.3) is 10.9 Å². The zero-order valence-electron chi connectivity index (χ0n) is 15.4. The van der Waals surface area contributed by atoms with E-state index in [4.69, 9.17) is 4.74 Å². The van der Waals surface area contributed by atoms with Crippen LogP contribution in [-0.2, 0) is 17.5 Å². The number of anilines is 1. The number of halogens is 4. The van der Waals surface area contributed by atoms with Gasteiger partial charge in [0, 0.05) is 35.3 Å². The topological polar surface area (TPSA) is 42.4 Å². The fourth-order valence-electron chi connectivity index (χ4n) is 3.52. The molecule has 0 amide bonds. The Bertz CT molecular complexity index is 1190. The fraction of sp³-hybridized carbons (Fsp3) is 0.190. The number of epoxide rings is 1. The molecule has 0 aliphatic carbocycles. The van der Waals surface area contributed by atoms with Crippen LogP contribution in [0, 0.1) is 5.82 Å². The Morgan fingerprint density at radius 2 is 1.93 bits per heavy atom. The van der Waals surface area contributed by atoms with Crippen LogP contribution in [0.15, 0.2) is 60.2 Å². The van der Waals surface area contributed by atoms with Crippen LogP contribution in [0.3, 0.4) is 0 Å². The number of ether oxygens (including phenoxy) is 1. The second-order valence-electron chi connectivity index (χ2n) is 7.03. The molecule has 154 valence electrons. The molecule has 1 aliphatic rings. The average molecular weight is 433 g/mol. The lowest BCUT2D eigenvalue weighted by atomic mass is 10.1. The number of alkyl halides is 3. The molecule has 0 saturated carbocycles. The first kappa shape index (κ1) is 19.1. The fourth-order valence-corrected chi connectivity index (χ4v) is 4.08. The summed E-state index contributed by atoms with van der Waals surface area (Å²) in [7, 11) is 0. The summed E-state index contributed by atoms with van der Waals surface area (Å²) in [5.41, 5.74) is 1.54. The summed E-state index contributed by atoms with van der Waals surface area (Å²) in [6, 6.07) is 9.50. The van der Waals surface area contributed by atoms with Gasteiger partial charge < -0.3 is 14.6 Å². The number of hydrogen-bond donors (Lipinski definition) is 1. The van der Waals surface area contributed by atoms with E-state index < -0.39 is 11.7 Å². The van der Waals surface area contributed by atoms with Gasteiger partial charge in [0.15, 0.2) is 11.4 Å². The van der Waals surface area contributed by atoms with E-state index in [9.17, 15) is 17.6 Å². The SMILES string of the molecule is Fc1ccc2c(C3OC3Nc3nccs3)cn(Cc3ccc(C(F)(F)F)cc3)c2c1. The lowest BCUT2D eigenvalue weighted by Gasteiger charge is -2.09. The predicted octanol–water partition coefficient (Wildman–Crippen LogP) is 5.81. The van der Waals surface area contributed by atoms with Crippen LogP contribution in [0.5, 0.6) is 0 Å². The van der Waals surface area contributed by atoms with Crippen LogP contribution in [0.2, 0.25) is 0 Å². The molecule has 2 unspecified atom stereocenters. The summed E-state index contributed by atoms with van der Waals surface area (Å²) in [4.78, 5) is 4.18. The molecule has 4 nitrogen and oxygen atoms in total. The third-order valence-corrected chi connectivity index (χ3v) is 5.71. The minimum atomic E-state index is -4.38. The molecular formula is C21H15F4N3OS. The van der Waals surface area contributed by atoms with Crippen LogP contribution in [-0.4, -0.2) is 15.8 Å². The van der Waals surface area contributed by atoms with Gasteiger partial charge >= 0.3 is 6.18 Å². The van der Waals surface area contributed by atoms with E-state index in [0.29, 0.717) is 17.6 Å². The van der Waals surface area contributed by atoms with Gasteiger partial charge in [-0.05, 0) is 35.9 Å². The van der Waals surface area contributed by atoms with Gasteiger partial charge in [-0.2, -0.15) is 13.2 Å². The predicted molar refractivity (Wildman–Crippen MR) is 106 cm³/mol. The van der Waals surface area contributed by atoms with Crippen molar-refractivity contribution in [1.82, 2.24) is 9.55 Å². The smallest absolute Gasteiger partial charge is 0.343 e. The number of fused-ring (bicyclic) bond motifs is 1. The second-order valence-corrected chi connectivity index (χ2v) is 7.92.